The minimum absolute atomic E-state index is 0.108. The molecular formula is C12H18N2OS. The Hall–Kier alpha value is -1.03. The number of rotatable bonds is 3. The van der Waals surface area contributed by atoms with Crippen LogP contribution in [0.3, 0.4) is 0 Å². The molecule has 1 fully saturated rings. The summed E-state index contributed by atoms with van der Waals surface area (Å²) < 4.78 is 0. The Morgan fingerprint density at radius 2 is 2.31 bits per heavy atom. The highest BCUT2D eigenvalue weighted by Crippen LogP contribution is 2.28. The first-order chi connectivity index (χ1) is 7.58. The van der Waals surface area contributed by atoms with Crippen LogP contribution >= 0.6 is 11.3 Å². The van der Waals surface area contributed by atoms with E-state index in [-0.39, 0.29) is 5.91 Å². The summed E-state index contributed by atoms with van der Waals surface area (Å²) >= 11 is 1.49. The maximum atomic E-state index is 12.1. The molecule has 1 aromatic heterocycles. The van der Waals surface area contributed by atoms with Gasteiger partial charge in [-0.1, -0.05) is 6.42 Å². The number of amides is 1. The predicted octanol–water partition coefficient (Wildman–Crippen LogP) is 2.51. The molecule has 0 aromatic carbocycles. The average molecular weight is 238 g/mol. The molecule has 0 bridgehead atoms. The third kappa shape index (κ3) is 2.21. The lowest BCUT2D eigenvalue weighted by molar-refractivity contribution is 0.0750. The quantitative estimate of drug-likeness (QED) is 0.879. The van der Waals surface area contributed by atoms with Gasteiger partial charge in [-0.15, -0.1) is 11.3 Å². The van der Waals surface area contributed by atoms with E-state index >= 15 is 0 Å². The largest absolute Gasteiger partial charge is 0.398 e. The van der Waals surface area contributed by atoms with Crippen molar-refractivity contribution in [3.8, 4) is 0 Å². The van der Waals surface area contributed by atoms with Crippen LogP contribution in [0.15, 0.2) is 6.07 Å². The molecular weight excluding hydrogens is 220 g/mol. The molecule has 0 saturated heterocycles. The van der Waals surface area contributed by atoms with Crippen molar-refractivity contribution in [2.75, 3.05) is 19.3 Å². The SMILES string of the molecule is Cc1sc(C(=O)N(C)CC2CCC2)cc1N. The minimum atomic E-state index is 0.108. The van der Waals surface area contributed by atoms with E-state index in [0.717, 1.165) is 22.0 Å². The Labute approximate surface area is 100 Å². The van der Waals surface area contributed by atoms with E-state index in [2.05, 4.69) is 0 Å². The van der Waals surface area contributed by atoms with Crippen LogP contribution in [-0.4, -0.2) is 24.4 Å². The van der Waals surface area contributed by atoms with Gasteiger partial charge in [0.1, 0.15) is 0 Å². The number of nitrogen functional groups attached to an aromatic ring is 1. The van der Waals surface area contributed by atoms with Crippen molar-refractivity contribution in [3.63, 3.8) is 0 Å². The highest BCUT2D eigenvalue weighted by atomic mass is 32.1. The summed E-state index contributed by atoms with van der Waals surface area (Å²) in [5.74, 6) is 0.823. The minimum Gasteiger partial charge on any atom is -0.398 e. The highest BCUT2D eigenvalue weighted by Gasteiger charge is 2.22. The zero-order valence-corrected chi connectivity index (χ0v) is 10.6. The molecule has 1 amide bonds. The molecule has 4 heteroatoms. The van der Waals surface area contributed by atoms with Gasteiger partial charge in [0.25, 0.3) is 5.91 Å². The van der Waals surface area contributed by atoms with Crippen LogP contribution in [0.1, 0.15) is 33.8 Å². The molecule has 1 saturated carbocycles. The lowest BCUT2D eigenvalue weighted by Crippen LogP contribution is -2.33. The van der Waals surface area contributed by atoms with Gasteiger partial charge in [-0.25, -0.2) is 0 Å². The van der Waals surface area contributed by atoms with Gasteiger partial charge in [0, 0.05) is 24.2 Å². The summed E-state index contributed by atoms with van der Waals surface area (Å²) in [5.41, 5.74) is 6.48. The molecule has 1 aromatic rings. The van der Waals surface area contributed by atoms with Crippen molar-refractivity contribution in [3.05, 3.63) is 15.8 Å². The van der Waals surface area contributed by atoms with Crippen molar-refractivity contribution in [1.29, 1.82) is 0 Å². The van der Waals surface area contributed by atoms with E-state index in [0.29, 0.717) is 5.92 Å². The summed E-state index contributed by atoms with van der Waals surface area (Å²) in [6.07, 6.45) is 3.85. The van der Waals surface area contributed by atoms with Gasteiger partial charge in [0.2, 0.25) is 0 Å². The van der Waals surface area contributed by atoms with Crippen molar-refractivity contribution in [1.82, 2.24) is 4.90 Å². The number of hydrogen-bond donors (Lipinski definition) is 1. The van der Waals surface area contributed by atoms with Gasteiger partial charge in [-0.05, 0) is 31.7 Å². The lowest BCUT2D eigenvalue weighted by atomic mass is 9.85. The highest BCUT2D eigenvalue weighted by molar-refractivity contribution is 7.14. The number of anilines is 1. The summed E-state index contributed by atoms with van der Waals surface area (Å²) in [4.78, 5) is 15.7. The molecule has 2 rings (SSSR count). The summed E-state index contributed by atoms with van der Waals surface area (Å²) in [6, 6.07) is 1.79. The fourth-order valence-electron chi connectivity index (χ4n) is 1.94. The zero-order chi connectivity index (χ0) is 11.7. The number of carbonyl (C=O) groups excluding carboxylic acids is 1. The number of nitrogens with two attached hydrogens (primary N) is 1. The second-order valence-electron chi connectivity index (χ2n) is 4.60. The van der Waals surface area contributed by atoms with Gasteiger partial charge < -0.3 is 10.6 Å². The van der Waals surface area contributed by atoms with Gasteiger partial charge in [0.15, 0.2) is 0 Å². The van der Waals surface area contributed by atoms with Crippen molar-refractivity contribution >= 4 is 22.9 Å². The molecule has 16 heavy (non-hydrogen) atoms. The summed E-state index contributed by atoms with van der Waals surface area (Å²) in [7, 11) is 1.88. The maximum Gasteiger partial charge on any atom is 0.263 e. The van der Waals surface area contributed by atoms with Crippen molar-refractivity contribution in [2.45, 2.75) is 26.2 Å². The van der Waals surface area contributed by atoms with E-state index in [1.807, 2.05) is 18.9 Å². The predicted molar refractivity (Wildman–Crippen MR) is 67.8 cm³/mol. The molecule has 0 unspecified atom stereocenters. The molecule has 1 aliphatic carbocycles. The Morgan fingerprint density at radius 1 is 1.62 bits per heavy atom. The van der Waals surface area contributed by atoms with Gasteiger partial charge >= 0.3 is 0 Å². The normalized spacial score (nSPS) is 15.9. The third-order valence-electron chi connectivity index (χ3n) is 3.27. The molecule has 3 nitrogen and oxygen atoms in total. The van der Waals surface area contributed by atoms with E-state index in [4.69, 9.17) is 5.73 Å². The fraction of sp³-hybridized carbons (Fsp3) is 0.583. The maximum absolute atomic E-state index is 12.1. The Kier molecular flexibility index (Phi) is 3.19. The fourth-order valence-corrected chi connectivity index (χ4v) is 2.87. The van der Waals surface area contributed by atoms with Crippen LogP contribution in [0, 0.1) is 12.8 Å². The average Bonchev–Trinajstić information content (AvgIpc) is 2.51. The van der Waals surface area contributed by atoms with Gasteiger partial charge in [-0.2, -0.15) is 0 Å². The molecule has 0 aliphatic heterocycles. The molecule has 2 N–H and O–H groups in total. The Morgan fingerprint density at radius 3 is 2.75 bits per heavy atom. The number of nitrogens with zero attached hydrogens (tertiary/aromatic N) is 1. The van der Waals surface area contributed by atoms with Crippen LogP contribution in [0.4, 0.5) is 5.69 Å². The smallest absolute Gasteiger partial charge is 0.263 e. The number of thiophene rings is 1. The number of hydrogen-bond acceptors (Lipinski definition) is 3. The van der Waals surface area contributed by atoms with E-state index in [1.54, 1.807) is 6.07 Å². The molecule has 88 valence electrons. The Bertz CT molecular complexity index is 376. The Balaban J connectivity index is 2.00. The van der Waals surface area contributed by atoms with E-state index in [9.17, 15) is 4.79 Å². The van der Waals surface area contributed by atoms with E-state index < -0.39 is 0 Å². The molecule has 1 heterocycles. The van der Waals surface area contributed by atoms with Crippen LogP contribution in [0.2, 0.25) is 0 Å². The van der Waals surface area contributed by atoms with Gasteiger partial charge in [-0.3, -0.25) is 4.79 Å². The number of carbonyl (C=O) groups is 1. The third-order valence-corrected chi connectivity index (χ3v) is 4.32. The van der Waals surface area contributed by atoms with Crippen molar-refractivity contribution in [2.24, 2.45) is 5.92 Å². The summed E-state index contributed by atoms with van der Waals surface area (Å²) in [6.45, 7) is 2.83. The van der Waals surface area contributed by atoms with Crippen LogP contribution in [-0.2, 0) is 0 Å². The molecule has 0 radical (unpaired) electrons. The number of aryl methyl sites for hydroxylation is 1. The van der Waals surface area contributed by atoms with Crippen molar-refractivity contribution < 1.29 is 4.79 Å². The standard InChI is InChI=1S/C12H18N2OS/c1-8-10(13)6-11(16-8)12(15)14(2)7-9-4-3-5-9/h6,9H,3-5,7,13H2,1-2H3. The second-order valence-corrected chi connectivity index (χ2v) is 5.86. The van der Waals surface area contributed by atoms with Crippen LogP contribution in [0.25, 0.3) is 0 Å². The molecule has 1 aliphatic rings. The van der Waals surface area contributed by atoms with E-state index in [1.165, 1.54) is 30.6 Å². The second kappa shape index (κ2) is 4.45. The van der Waals surface area contributed by atoms with Gasteiger partial charge in [0.05, 0.1) is 4.88 Å². The zero-order valence-electron chi connectivity index (χ0n) is 9.82. The first-order valence-electron chi connectivity index (χ1n) is 5.69. The first kappa shape index (κ1) is 11.5. The first-order valence-corrected chi connectivity index (χ1v) is 6.51. The molecule has 0 atom stereocenters. The topological polar surface area (TPSA) is 46.3 Å². The lowest BCUT2D eigenvalue weighted by Gasteiger charge is -2.29. The molecule has 0 spiro atoms. The monoisotopic (exact) mass is 238 g/mol. The van der Waals surface area contributed by atoms with Crippen LogP contribution in [0.5, 0.6) is 0 Å². The van der Waals surface area contributed by atoms with Crippen LogP contribution < -0.4 is 5.73 Å². The summed E-state index contributed by atoms with van der Waals surface area (Å²) in [5, 5.41) is 0.